The van der Waals surface area contributed by atoms with E-state index in [1.54, 1.807) is 6.07 Å². The van der Waals surface area contributed by atoms with Crippen molar-refractivity contribution in [1.29, 1.82) is 0 Å². The lowest BCUT2D eigenvalue weighted by atomic mass is 10.4. The van der Waals surface area contributed by atoms with Gasteiger partial charge in [-0.25, -0.2) is 15.0 Å². The second-order valence-electron chi connectivity index (χ2n) is 3.05. The van der Waals surface area contributed by atoms with Gasteiger partial charge in [0.15, 0.2) is 10.8 Å². The lowest BCUT2D eigenvalue weighted by molar-refractivity contribution is 1.10. The molecule has 4 nitrogen and oxygen atoms in total. The van der Waals surface area contributed by atoms with E-state index in [0.29, 0.717) is 11.6 Å². The first kappa shape index (κ1) is 9.08. The van der Waals surface area contributed by atoms with Gasteiger partial charge in [-0.3, -0.25) is 0 Å². The summed E-state index contributed by atoms with van der Waals surface area (Å²) in [5.41, 5.74) is 7.47. The molecule has 0 spiro atoms. The van der Waals surface area contributed by atoms with Crippen LogP contribution >= 0.6 is 11.3 Å². The molecule has 2 rings (SSSR count). The number of hydrogen-bond donors (Lipinski definition) is 1. The van der Waals surface area contributed by atoms with Crippen LogP contribution in [0.4, 0.5) is 5.82 Å². The number of hydrogen-bond acceptors (Lipinski definition) is 5. The number of nitrogens with two attached hydrogens (primary N) is 1. The Hall–Kier alpha value is -1.49. The van der Waals surface area contributed by atoms with Crippen molar-refractivity contribution in [3.63, 3.8) is 0 Å². The van der Waals surface area contributed by atoms with Crippen LogP contribution in [0.5, 0.6) is 0 Å². The number of anilines is 1. The minimum atomic E-state index is 0.486. The third-order valence-corrected chi connectivity index (χ3v) is 2.64. The number of aryl methyl sites for hydroxylation is 2. The van der Waals surface area contributed by atoms with Gasteiger partial charge in [-0.2, -0.15) is 0 Å². The maximum atomic E-state index is 5.63. The smallest absolute Gasteiger partial charge is 0.190 e. The number of nitrogens with zero attached hydrogens (tertiary/aromatic N) is 3. The summed E-state index contributed by atoms with van der Waals surface area (Å²) in [6, 6.07) is 1.74. The molecule has 0 amide bonds. The highest BCUT2D eigenvalue weighted by Crippen LogP contribution is 2.20. The number of aromatic nitrogens is 3. The number of nitrogen functional groups attached to an aromatic ring is 1. The standard InChI is InChI=1S/C9H10N4S/c1-5-3-7(10)13-8(11-5)9-12-6(2)4-14-9/h3-4H,1-2H3,(H2,10,11,13). The van der Waals surface area contributed by atoms with Crippen molar-refractivity contribution in [2.24, 2.45) is 0 Å². The fraction of sp³-hybridized carbons (Fsp3) is 0.222. The molecule has 0 aliphatic heterocycles. The van der Waals surface area contributed by atoms with Crippen LogP contribution in [0.15, 0.2) is 11.4 Å². The fourth-order valence-corrected chi connectivity index (χ4v) is 1.87. The maximum Gasteiger partial charge on any atom is 0.190 e. The van der Waals surface area contributed by atoms with Gasteiger partial charge >= 0.3 is 0 Å². The summed E-state index contributed by atoms with van der Waals surface area (Å²) < 4.78 is 0. The number of rotatable bonds is 1. The van der Waals surface area contributed by atoms with Gasteiger partial charge < -0.3 is 5.73 Å². The fourth-order valence-electron chi connectivity index (χ4n) is 1.15. The largest absolute Gasteiger partial charge is 0.384 e. The zero-order valence-corrected chi connectivity index (χ0v) is 8.80. The molecule has 0 bridgehead atoms. The molecule has 14 heavy (non-hydrogen) atoms. The first-order valence-electron chi connectivity index (χ1n) is 4.19. The van der Waals surface area contributed by atoms with Gasteiger partial charge in [0.05, 0.1) is 0 Å². The number of thiazole rings is 1. The highest BCUT2D eigenvalue weighted by atomic mass is 32.1. The van der Waals surface area contributed by atoms with Crippen LogP contribution in [0, 0.1) is 13.8 Å². The van der Waals surface area contributed by atoms with E-state index < -0.39 is 0 Å². The summed E-state index contributed by atoms with van der Waals surface area (Å²) in [4.78, 5) is 12.7. The molecule has 0 atom stereocenters. The van der Waals surface area contributed by atoms with Gasteiger partial charge in [-0.15, -0.1) is 11.3 Å². The highest BCUT2D eigenvalue weighted by Gasteiger charge is 2.06. The summed E-state index contributed by atoms with van der Waals surface area (Å²) in [5.74, 6) is 1.10. The minimum absolute atomic E-state index is 0.486. The van der Waals surface area contributed by atoms with Gasteiger partial charge in [-0.1, -0.05) is 0 Å². The second kappa shape index (κ2) is 3.34. The van der Waals surface area contributed by atoms with E-state index >= 15 is 0 Å². The molecule has 72 valence electrons. The van der Waals surface area contributed by atoms with Gasteiger partial charge in [0.1, 0.15) is 5.82 Å². The van der Waals surface area contributed by atoms with Gasteiger partial charge in [0.25, 0.3) is 0 Å². The monoisotopic (exact) mass is 206 g/mol. The van der Waals surface area contributed by atoms with Gasteiger partial charge in [0.2, 0.25) is 0 Å². The molecular weight excluding hydrogens is 196 g/mol. The topological polar surface area (TPSA) is 64.7 Å². The predicted molar refractivity (Wildman–Crippen MR) is 57.0 cm³/mol. The van der Waals surface area contributed by atoms with Crippen LogP contribution in [0.3, 0.4) is 0 Å². The zero-order valence-electron chi connectivity index (χ0n) is 7.98. The zero-order chi connectivity index (χ0) is 10.1. The van der Waals surface area contributed by atoms with Gasteiger partial charge in [-0.05, 0) is 13.8 Å². The van der Waals surface area contributed by atoms with Crippen molar-refractivity contribution in [3.8, 4) is 10.8 Å². The van der Waals surface area contributed by atoms with Crippen molar-refractivity contribution in [1.82, 2.24) is 15.0 Å². The normalized spacial score (nSPS) is 10.4. The Balaban J connectivity index is 2.51. The molecule has 0 fully saturated rings. The van der Waals surface area contributed by atoms with Crippen molar-refractivity contribution in [2.75, 3.05) is 5.73 Å². The van der Waals surface area contributed by atoms with E-state index in [4.69, 9.17) is 5.73 Å². The lowest BCUT2D eigenvalue weighted by Crippen LogP contribution is -1.97. The molecule has 0 saturated heterocycles. The van der Waals surface area contributed by atoms with E-state index in [1.807, 2.05) is 19.2 Å². The molecule has 0 aromatic carbocycles. The van der Waals surface area contributed by atoms with Crippen LogP contribution in [-0.4, -0.2) is 15.0 Å². The predicted octanol–water partition coefficient (Wildman–Crippen LogP) is 1.80. The van der Waals surface area contributed by atoms with Crippen molar-refractivity contribution >= 4 is 17.2 Å². The van der Waals surface area contributed by atoms with E-state index in [9.17, 15) is 0 Å². The molecule has 2 aromatic rings. The Morgan fingerprint density at radius 2 is 1.93 bits per heavy atom. The molecule has 5 heteroatoms. The molecule has 0 aliphatic carbocycles. The van der Waals surface area contributed by atoms with Crippen molar-refractivity contribution < 1.29 is 0 Å². The van der Waals surface area contributed by atoms with Crippen LogP contribution in [0.25, 0.3) is 10.8 Å². The molecule has 0 unspecified atom stereocenters. The molecule has 0 aliphatic rings. The summed E-state index contributed by atoms with van der Waals surface area (Å²) in [7, 11) is 0. The van der Waals surface area contributed by atoms with E-state index in [0.717, 1.165) is 16.4 Å². The Morgan fingerprint density at radius 1 is 1.14 bits per heavy atom. The quantitative estimate of drug-likeness (QED) is 0.772. The third kappa shape index (κ3) is 1.72. The van der Waals surface area contributed by atoms with Gasteiger partial charge in [0, 0.05) is 22.8 Å². The Kier molecular flexibility index (Phi) is 2.17. The first-order chi connectivity index (χ1) is 6.65. The SMILES string of the molecule is Cc1cc(N)nc(-c2nc(C)cs2)n1. The van der Waals surface area contributed by atoms with Crippen LogP contribution in [0.2, 0.25) is 0 Å². The van der Waals surface area contributed by atoms with E-state index in [2.05, 4.69) is 15.0 Å². The summed E-state index contributed by atoms with van der Waals surface area (Å²) in [6.07, 6.45) is 0. The van der Waals surface area contributed by atoms with Crippen LogP contribution in [-0.2, 0) is 0 Å². The molecule has 2 N–H and O–H groups in total. The second-order valence-corrected chi connectivity index (χ2v) is 3.91. The first-order valence-corrected chi connectivity index (χ1v) is 5.07. The summed E-state index contributed by atoms with van der Waals surface area (Å²) in [5, 5.41) is 2.79. The summed E-state index contributed by atoms with van der Waals surface area (Å²) in [6.45, 7) is 3.83. The molecule has 2 aromatic heterocycles. The Labute approximate surface area is 85.9 Å². The highest BCUT2D eigenvalue weighted by molar-refractivity contribution is 7.13. The Morgan fingerprint density at radius 3 is 2.50 bits per heavy atom. The third-order valence-electron chi connectivity index (χ3n) is 1.68. The summed E-state index contributed by atoms with van der Waals surface area (Å²) >= 11 is 1.53. The van der Waals surface area contributed by atoms with E-state index in [-0.39, 0.29) is 0 Å². The average Bonchev–Trinajstić information content (AvgIpc) is 2.50. The van der Waals surface area contributed by atoms with Crippen LogP contribution < -0.4 is 5.73 Å². The maximum absolute atomic E-state index is 5.63. The average molecular weight is 206 g/mol. The van der Waals surface area contributed by atoms with Crippen molar-refractivity contribution in [3.05, 3.63) is 22.8 Å². The lowest BCUT2D eigenvalue weighted by Gasteiger charge is -1.98. The molecule has 2 heterocycles. The molecule has 0 saturated carbocycles. The Bertz CT molecular complexity index is 443. The van der Waals surface area contributed by atoms with E-state index in [1.165, 1.54) is 11.3 Å². The molecular formula is C9H10N4S. The van der Waals surface area contributed by atoms with Crippen molar-refractivity contribution in [2.45, 2.75) is 13.8 Å². The van der Waals surface area contributed by atoms with Crippen LogP contribution in [0.1, 0.15) is 11.4 Å². The molecule has 0 radical (unpaired) electrons. The minimum Gasteiger partial charge on any atom is -0.384 e.